The lowest BCUT2D eigenvalue weighted by Gasteiger charge is -2.60. The number of aliphatic hydroxyl groups excluding tert-OH is 2. The first kappa shape index (κ1) is 31.3. The Morgan fingerprint density at radius 2 is 1.69 bits per heavy atom. The van der Waals surface area contributed by atoms with E-state index in [0.29, 0.717) is 43.2 Å². The Balaban J connectivity index is 1.48. The van der Waals surface area contributed by atoms with Crippen molar-refractivity contribution in [3.05, 3.63) is 47.5 Å². The molecule has 5 N–H and O–H groups in total. The minimum atomic E-state index is -1.54. The fraction of sp³-hybridized carbons (Fsp3) is 0.706. The Labute approximate surface area is 248 Å². The number of esters is 1. The molecule has 3 saturated carbocycles. The largest absolute Gasteiger partial charge is 0.456 e. The zero-order valence-electron chi connectivity index (χ0n) is 25.5. The third-order valence-corrected chi connectivity index (χ3v) is 11.8. The van der Waals surface area contributed by atoms with Gasteiger partial charge < -0.3 is 30.3 Å². The monoisotopic (exact) mass is 584 g/mol. The first-order chi connectivity index (χ1) is 19.4. The lowest BCUT2D eigenvalue weighted by atomic mass is 9.45. The van der Waals surface area contributed by atoms with Crippen molar-refractivity contribution in [2.45, 2.75) is 121 Å². The van der Waals surface area contributed by atoms with Gasteiger partial charge in [-0.1, -0.05) is 32.0 Å². The second-order valence-electron chi connectivity index (χ2n) is 14.9. The first-order valence-electron chi connectivity index (χ1n) is 15.5. The average Bonchev–Trinajstić information content (AvgIpc) is 3.20. The zero-order valence-corrected chi connectivity index (χ0v) is 25.5. The highest BCUT2D eigenvalue weighted by Crippen LogP contribution is 2.68. The Hall–Kier alpha value is -2.10. The number of rotatable bonds is 7. The summed E-state index contributed by atoms with van der Waals surface area (Å²) < 4.78 is 6.00. The van der Waals surface area contributed by atoms with Crippen molar-refractivity contribution >= 4 is 11.8 Å². The number of allylic oxidation sites excluding steroid dienone is 1. The summed E-state index contributed by atoms with van der Waals surface area (Å²) in [6.45, 7) is 9.00. The van der Waals surface area contributed by atoms with Crippen molar-refractivity contribution < 1.29 is 39.9 Å². The number of ketones is 1. The van der Waals surface area contributed by atoms with Crippen LogP contribution in [0.1, 0.15) is 96.3 Å². The number of ether oxygens (including phenoxy) is 1. The summed E-state index contributed by atoms with van der Waals surface area (Å²) in [7, 11) is 0. The van der Waals surface area contributed by atoms with E-state index in [1.807, 2.05) is 13.8 Å². The molecule has 0 aliphatic heterocycles. The van der Waals surface area contributed by atoms with Gasteiger partial charge in [0.15, 0.2) is 5.78 Å². The maximum Gasteiger partial charge on any atom is 0.338 e. The Bertz CT molecular complexity index is 1230. The number of carbonyl (C=O) groups is 2. The second kappa shape index (κ2) is 10.5. The van der Waals surface area contributed by atoms with Gasteiger partial charge in [0.1, 0.15) is 11.7 Å². The van der Waals surface area contributed by atoms with E-state index >= 15 is 0 Å². The number of benzene rings is 1. The molecule has 3 fully saturated rings. The van der Waals surface area contributed by atoms with Crippen molar-refractivity contribution in [3.8, 4) is 0 Å². The summed E-state index contributed by atoms with van der Waals surface area (Å²) in [4.78, 5) is 26.7. The third kappa shape index (κ3) is 4.97. The van der Waals surface area contributed by atoms with Crippen LogP contribution >= 0.6 is 0 Å². The average molecular weight is 585 g/mol. The SMILES string of the molecule is CC(C)(O)CC[C@H](OC(=O)c1ccccc1)[C@](C)(O)[C@@H]1CC[C@@]2(O)C3=CC(=O)[C@@H]4C[C@H](O)[C@@H](O)C[C@]4(C)[C@H]3CC[C@]12C. The van der Waals surface area contributed by atoms with Crippen LogP contribution < -0.4 is 0 Å². The molecule has 0 unspecified atom stereocenters. The van der Waals surface area contributed by atoms with Crippen LogP contribution in [-0.2, 0) is 9.53 Å². The van der Waals surface area contributed by atoms with E-state index in [2.05, 4.69) is 0 Å². The predicted octanol–water partition coefficient (Wildman–Crippen LogP) is 3.72. The van der Waals surface area contributed by atoms with Crippen molar-refractivity contribution in [3.63, 3.8) is 0 Å². The van der Waals surface area contributed by atoms with Gasteiger partial charge in [0.2, 0.25) is 0 Å². The second-order valence-corrected chi connectivity index (χ2v) is 14.9. The van der Waals surface area contributed by atoms with E-state index in [1.54, 1.807) is 57.2 Å². The van der Waals surface area contributed by atoms with Crippen molar-refractivity contribution in [1.29, 1.82) is 0 Å². The molecule has 1 aromatic carbocycles. The number of hydrogen-bond donors (Lipinski definition) is 5. The quantitative estimate of drug-likeness (QED) is 0.305. The molecule has 0 bridgehead atoms. The minimum absolute atomic E-state index is 0.123. The van der Waals surface area contributed by atoms with Gasteiger partial charge in [-0.3, -0.25) is 4.79 Å². The van der Waals surface area contributed by atoms with Crippen LogP contribution in [0, 0.1) is 28.6 Å². The highest BCUT2D eigenvalue weighted by atomic mass is 16.6. The van der Waals surface area contributed by atoms with Crippen LogP contribution in [0.15, 0.2) is 42.0 Å². The Morgan fingerprint density at radius 1 is 1.02 bits per heavy atom. The zero-order chi connectivity index (χ0) is 30.9. The summed E-state index contributed by atoms with van der Waals surface area (Å²) in [6, 6.07) is 8.60. The molecule has 8 nitrogen and oxygen atoms in total. The summed E-state index contributed by atoms with van der Waals surface area (Å²) in [6.07, 6.45) is 1.84. The highest BCUT2D eigenvalue weighted by molar-refractivity contribution is 5.95. The lowest BCUT2D eigenvalue weighted by molar-refractivity contribution is -0.177. The van der Waals surface area contributed by atoms with Gasteiger partial charge in [-0.15, -0.1) is 0 Å². The van der Waals surface area contributed by atoms with Gasteiger partial charge in [0.25, 0.3) is 0 Å². The molecule has 0 saturated heterocycles. The van der Waals surface area contributed by atoms with Gasteiger partial charge in [0.05, 0.1) is 29.0 Å². The number of carbonyl (C=O) groups excluding carboxylic acids is 2. The molecule has 42 heavy (non-hydrogen) atoms. The minimum Gasteiger partial charge on any atom is -0.456 e. The fourth-order valence-electron chi connectivity index (χ4n) is 9.26. The van der Waals surface area contributed by atoms with Crippen LogP contribution in [0.5, 0.6) is 0 Å². The lowest BCUT2D eigenvalue weighted by Crippen LogP contribution is -2.63. The van der Waals surface area contributed by atoms with Crippen LogP contribution in [0.3, 0.4) is 0 Å². The molecule has 232 valence electrons. The molecular weight excluding hydrogens is 536 g/mol. The molecular formula is C34H48O8. The van der Waals surface area contributed by atoms with Crippen LogP contribution in [0.4, 0.5) is 0 Å². The summed E-state index contributed by atoms with van der Waals surface area (Å²) in [5.41, 5.74) is -4.30. The molecule has 4 aliphatic carbocycles. The van der Waals surface area contributed by atoms with Crippen LogP contribution in [0.25, 0.3) is 0 Å². The van der Waals surface area contributed by atoms with Gasteiger partial charge in [-0.25, -0.2) is 4.79 Å². The third-order valence-electron chi connectivity index (χ3n) is 11.8. The van der Waals surface area contributed by atoms with Gasteiger partial charge in [-0.2, -0.15) is 0 Å². The maximum atomic E-state index is 13.5. The Kier molecular flexibility index (Phi) is 7.84. The van der Waals surface area contributed by atoms with E-state index in [4.69, 9.17) is 4.74 Å². The first-order valence-corrected chi connectivity index (χ1v) is 15.5. The standard InChI is InChI=1S/C34H48O8/c1-30(2,39)14-13-28(42-29(38)20-9-7-6-8-10-20)33(5,40)27-12-16-34(41)22-17-24(35)23-18-25(36)26(37)19-31(23,3)21(22)11-15-32(27,34)4/h6-10,17,21,23,25-28,36-37,39-41H,11-16,18-19H2,1-5H3/t21-,23-,25-,26-,27+,28-,31+,32+,33+,34+/m0/s1. The summed E-state index contributed by atoms with van der Waals surface area (Å²) in [5.74, 6) is -1.70. The molecule has 10 atom stereocenters. The smallest absolute Gasteiger partial charge is 0.338 e. The molecule has 8 heteroatoms. The number of aliphatic hydroxyl groups is 5. The molecule has 0 heterocycles. The van der Waals surface area contributed by atoms with Crippen molar-refractivity contribution in [2.75, 3.05) is 0 Å². The van der Waals surface area contributed by atoms with Gasteiger partial charge in [-0.05, 0) is 113 Å². The van der Waals surface area contributed by atoms with Crippen LogP contribution in [0.2, 0.25) is 0 Å². The number of hydrogen-bond acceptors (Lipinski definition) is 8. The fourth-order valence-corrected chi connectivity index (χ4v) is 9.26. The Morgan fingerprint density at radius 3 is 2.33 bits per heavy atom. The molecule has 0 spiro atoms. The molecule has 0 amide bonds. The maximum absolute atomic E-state index is 13.5. The molecule has 4 aliphatic rings. The van der Waals surface area contributed by atoms with E-state index in [9.17, 15) is 35.1 Å². The van der Waals surface area contributed by atoms with Gasteiger partial charge in [0, 0.05) is 11.3 Å². The van der Waals surface area contributed by atoms with Gasteiger partial charge >= 0.3 is 5.97 Å². The molecule has 1 aromatic rings. The molecule has 0 aromatic heterocycles. The van der Waals surface area contributed by atoms with E-state index in [0.717, 1.165) is 0 Å². The summed E-state index contributed by atoms with van der Waals surface area (Å²) in [5, 5.41) is 56.3. The van der Waals surface area contributed by atoms with E-state index < -0.39 is 63.8 Å². The van der Waals surface area contributed by atoms with Crippen molar-refractivity contribution in [2.24, 2.45) is 28.6 Å². The molecule has 5 rings (SSSR count). The van der Waals surface area contributed by atoms with Crippen molar-refractivity contribution in [1.82, 2.24) is 0 Å². The number of fused-ring (bicyclic) bond motifs is 5. The normalized spacial score (nSPS) is 40.2. The van der Waals surface area contributed by atoms with Crippen LogP contribution in [-0.4, -0.2) is 72.4 Å². The van der Waals surface area contributed by atoms with E-state index in [1.165, 1.54) is 0 Å². The topological polar surface area (TPSA) is 145 Å². The summed E-state index contributed by atoms with van der Waals surface area (Å²) >= 11 is 0. The highest BCUT2D eigenvalue weighted by Gasteiger charge is 2.69. The van der Waals surface area contributed by atoms with E-state index in [-0.39, 0.29) is 31.0 Å². The predicted molar refractivity (Wildman–Crippen MR) is 156 cm³/mol. The molecule has 0 radical (unpaired) electrons.